The molecule has 0 saturated heterocycles. The van der Waals surface area contributed by atoms with E-state index in [-0.39, 0.29) is 0 Å². The van der Waals surface area contributed by atoms with Crippen LogP contribution in [-0.4, -0.2) is 21.2 Å². The fourth-order valence-electron chi connectivity index (χ4n) is 0.975. The van der Waals surface area contributed by atoms with E-state index in [1.807, 2.05) is 12.1 Å². The van der Waals surface area contributed by atoms with Crippen molar-refractivity contribution >= 4 is 10.0 Å². The predicted octanol–water partition coefficient (Wildman–Crippen LogP) is 0.761. The van der Waals surface area contributed by atoms with Gasteiger partial charge in [-0.25, -0.2) is 13.1 Å². The van der Waals surface area contributed by atoms with Crippen molar-refractivity contribution in [2.45, 2.75) is 12.8 Å². The fraction of sp³-hybridized carbons (Fsp3) is 0.500. The summed E-state index contributed by atoms with van der Waals surface area (Å²) in [5, 5.41) is 0. The van der Waals surface area contributed by atoms with E-state index in [2.05, 4.69) is 4.72 Å². The first-order chi connectivity index (χ1) is 6.08. The predicted molar refractivity (Wildman–Crippen MR) is 49.9 cm³/mol. The Bertz CT molecular complexity index is 328. The van der Waals surface area contributed by atoms with Gasteiger partial charge in [0.25, 0.3) is 0 Å². The molecule has 1 rings (SSSR count). The first-order valence-electron chi connectivity index (χ1n) is 4.05. The van der Waals surface area contributed by atoms with Crippen LogP contribution in [0, 0.1) is 0 Å². The van der Waals surface area contributed by atoms with E-state index in [1.165, 1.54) is 0 Å². The summed E-state index contributed by atoms with van der Waals surface area (Å²) >= 11 is 0. The molecule has 1 N–H and O–H groups in total. The first kappa shape index (κ1) is 10.3. The zero-order chi connectivity index (χ0) is 9.73. The third-order valence-electron chi connectivity index (χ3n) is 1.54. The molecule has 5 heteroatoms. The van der Waals surface area contributed by atoms with E-state index in [1.54, 1.807) is 6.26 Å². The van der Waals surface area contributed by atoms with Crippen LogP contribution in [0.15, 0.2) is 22.8 Å². The van der Waals surface area contributed by atoms with Gasteiger partial charge >= 0.3 is 0 Å². The minimum atomic E-state index is -3.05. The maximum Gasteiger partial charge on any atom is 0.208 e. The van der Waals surface area contributed by atoms with E-state index < -0.39 is 10.0 Å². The van der Waals surface area contributed by atoms with Crippen molar-refractivity contribution in [3.05, 3.63) is 24.2 Å². The second-order valence-electron chi connectivity index (χ2n) is 2.85. The quantitative estimate of drug-likeness (QED) is 0.719. The Balaban J connectivity index is 2.16. The fourth-order valence-corrected chi connectivity index (χ4v) is 1.49. The van der Waals surface area contributed by atoms with Crippen LogP contribution < -0.4 is 4.72 Å². The lowest BCUT2D eigenvalue weighted by Gasteiger charge is -1.99. The lowest BCUT2D eigenvalue weighted by Crippen LogP contribution is -2.23. The molecule has 0 amide bonds. The molecule has 0 unspecified atom stereocenters. The minimum Gasteiger partial charge on any atom is -0.469 e. The van der Waals surface area contributed by atoms with Crippen molar-refractivity contribution in [1.82, 2.24) is 4.72 Å². The van der Waals surface area contributed by atoms with Gasteiger partial charge in [-0.05, 0) is 18.6 Å². The molecule has 0 fully saturated rings. The minimum absolute atomic E-state index is 0.458. The summed E-state index contributed by atoms with van der Waals surface area (Å²) in [6.45, 7) is 0.458. The number of rotatable bonds is 5. The van der Waals surface area contributed by atoms with Gasteiger partial charge in [0.15, 0.2) is 0 Å². The molecule has 0 aromatic carbocycles. The molecule has 4 nitrogen and oxygen atoms in total. The van der Waals surface area contributed by atoms with Gasteiger partial charge in [0.05, 0.1) is 12.5 Å². The van der Waals surface area contributed by atoms with Crippen molar-refractivity contribution in [1.29, 1.82) is 0 Å². The zero-order valence-electron chi connectivity index (χ0n) is 7.49. The summed E-state index contributed by atoms with van der Waals surface area (Å²) in [5.74, 6) is 0.885. The van der Waals surface area contributed by atoms with E-state index in [4.69, 9.17) is 4.42 Å². The molecule has 0 radical (unpaired) electrons. The van der Waals surface area contributed by atoms with Crippen molar-refractivity contribution in [3.63, 3.8) is 0 Å². The van der Waals surface area contributed by atoms with E-state index in [0.29, 0.717) is 6.54 Å². The highest BCUT2D eigenvalue weighted by Gasteiger charge is 2.00. The third-order valence-corrected chi connectivity index (χ3v) is 2.27. The number of furan rings is 1. The van der Waals surface area contributed by atoms with Gasteiger partial charge in [0.1, 0.15) is 5.76 Å². The number of sulfonamides is 1. The summed E-state index contributed by atoms with van der Waals surface area (Å²) in [5.41, 5.74) is 0. The SMILES string of the molecule is CS(=O)(=O)NCCCc1ccco1. The summed E-state index contributed by atoms with van der Waals surface area (Å²) in [6, 6.07) is 3.69. The first-order valence-corrected chi connectivity index (χ1v) is 5.94. The Morgan fingerprint density at radius 2 is 2.31 bits per heavy atom. The molecule has 0 aliphatic heterocycles. The van der Waals surface area contributed by atoms with Crippen LogP contribution in [0.3, 0.4) is 0 Å². The number of hydrogen-bond donors (Lipinski definition) is 1. The second kappa shape index (κ2) is 4.43. The molecule has 74 valence electrons. The largest absolute Gasteiger partial charge is 0.469 e. The number of aryl methyl sites for hydroxylation is 1. The van der Waals surface area contributed by atoms with Crippen LogP contribution >= 0.6 is 0 Å². The van der Waals surface area contributed by atoms with Gasteiger partial charge in [-0.15, -0.1) is 0 Å². The molecule has 1 heterocycles. The highest BCUT2D eigenvalue weighted by atomic mass is 32.2. The molecule has 0 bridgehead atoms. The molecule has 1 aromatic rings. The highest BCUT2D eigenvalue weighted by molar-refractivity contribution is 7.88. The lowest BCUT2D eigenvalue weighted by molar-refractivity contribution is 0.500. The Hall–Kier alpha value is -0.810. The van der Waals surface area contributed by atoms with Crippen molar-refractivity contribution in [2.75, 3.05) is 12.8 Å². The number of nitrogens with one attached hydrogen (secondary N) is 1. The van der Waals surface area contributed by atoms with Gasteiger partial charge in [0, 0.05) is 13.0 Å². The van der Waals surface area contributed by atoms with Crippen LogP contribution in [0.4, 0.5) is 0 Å². The maximum atomic E-state index is 10.7. The van der Waals surface area contributed by atoms with Gasteiger partial charge in [-0.2, -0.15) is 0 Å². The average Bonchev–Trinajstić information content (AvgIpc) is 2.48. The standard InChI is InChI=1S/C8H13NO3S/c1-13(10,11)9-6-2-4-8-5-3-7-12-8/h3,5,7,9H,2,4,6H2,1H3. The van der Waals surface area contributed by atoms with Crippen LogP contribution in [0.2, 0.25) is 0 Å². The Kier molecular flexibility index (Phi) is 3.50. The Morgan fingerprint density at radius 3 is 2.85 bits per heavy atom. The molecule has 13 heavy (non-hydrogen) atoms. The molecule has 1 aromatic heterocycles. The van der Waals surface area contributed by atoms with Gasteiger partial charge in [-0.1, -0.05) is 0 Å². The van der Waals surface area contributed by atoms with Crippen molar-refractivity contribution < 1.29 is 12.8 Å². The van der Waals surface area contributed by atoms with E-state index in [0.717, 1.165) is 24.9 Å². The zero-order valence-corrected chi connectivity index (χ0v) is 8.30. The highest BCUT2D eigenvalue weighted by Crippen LogP contribution is 2.02. The molecular formula is C8H13NO3S. The van der Waals surface area contributed by atoms with Crippen LogP contribution in [0.1, 0.15) is 12.2 Å². The summed E-state index contributed by atoms with van der Waals surface area (Å²) in [6.07, 6.45) is 4.27. The molecule has 0 spiro atoms. The van der Waals surface area contributed by atoms with Gasteiger partial charge in [-0.3, -0.25) is 0 Å². The maximum absolute atomic E-state index is 10.7. The Morgan fingerprint density at radius 1 is 1.54 bits per heavy atom. The molecule has 0 aliphatic rings. The second-order valence-corrected chi connectivity index (χ2v) is 4.68. The molecule has 0 atom stereocenters. The van der Waals surface area contributed by atoms with Crippen LogP contribution in [0.5, 0.6) is 0 Å². The monoisotopic (exact) mass is 203 g/mol. The summed E-state index contributed by atoms with van der Waals surface area (Å²) in [7, 11) is -3.05. The topological polar surface area (TPSA) is 59.3 Å². The van der Waals surface area contributed by atoms with E-state index >= 15 is 0 Å². The van der Waals surface area contributed by atoms with Gasteiger partial charge in [0.2, 0.25) is 10.0 Å². The normalized spacial score (nSPS) is 11.8. The lowest BCUT2D eigenvalue weighted by atomic mass is 10.2. The summed E-state index contributed by atoms with van der Waals surface area (Å²) in [4.78, 5) is 0. The van der Waals surface area contributed by atoms with Crippen molar-refractivity contribution in [2.24, 2.45) is 0 Å². The van der Waals surface area contributed by atoms with E-state index in [9.17, 15) is 8.42 Å². The Labute approximate surface area is 78.0 Å². The van der Waals surface area contributed by atoms with Crippen molar-refractivity contribution in [3.8, 4) is 0 Å². The van der Waals surface area contributed by atoms with Gasteiger partial charge < -0.3 is 4.42 Å². The molecular weight excluding hydrogens is 190 g/mol. The summed E-state index contributed by atoms with van der Waals surface area (Å²) < 4.78 is 28.8. The van der Waals surface area contributed by atoms with Crippen LogP contribution in [0.25, 0.3) is 0 Å². The third kappa shape index (κ3) is 4.69. The molecule has 0 saturated carbocycles. The smallest absolute Gasteiger partial charge is 0.208 e. The molecule has 0 aliphatic carbocycles. The van der Waals surface area contributed by atoms with Crippen LogP contribution in [-0.2, 0) is 16.4 Å². The average molecular weight is 203 g/mol. The number of hydrogen-bond acceptors (Lipinski definition) is 3.